The van der Waals surface area contributed by atoms with Crippen molar-refractivity contribution in [3.8, 4) is 0 Å². The van der Waals surface area contributed by atoms with Crippen LogP contribution in [-0.2, 0) is 16.0 Å². The molecule has 0 amide bonds. The minimum absolute atomic E-state index is 0.299. The summed E-state index contributed by atoms with van der Waals surface area (Å²) in [5.41, 5.74) is 0.836. The standard InChI is InChI=1S/C10H9ClFIO2/c1-15-10(14)8(11)4-6-2-3-7(12)5-9(6)13/h2-3,5,8H,4H2,1H3. The summed E-state index contributed by atoms with van der Waals surface area (Å²) in [6, 6.07) is 4.37. The zero-order valence-corrected chi connectivity index (χ0v) is 10.9. The maximum atomic E-state index is 12.8. The van der Waals surface area contributed by atoms with Gasteiger partial charge in [-0.25, -0.2) is 4.39 Å². The number of hydrogen-bond donors (Lipinski definition) is 0. The van der Waals surface area contributed by atoms with Crippen molar-refractivity contribution < 1.29 is 13.9 Å². The predicted octanol–water partition coefficient (Wildman–Crippen LogP) is 2.75. The first-order valence-corrected chi connectivity index (χ1v) is 5.72. The Labute approximate surface area is 106 Å². The monoisotopic (exact) mass is 342 g/mol. The Morgan fingerprint density at radius 1 is 1.67 bits per heavy atom. The molecule has 0 aliphatic heterocycles. The van der Waals surface area contributed by atoms with E-state index in [-0.39, 0.29) is 5.82 Å². The summed E-state index contributed by atoms with van der Waals surface area (Å²) in [5.74, 6) is -0.774. The molecule has 1 rings (SSSR count). The molecule has 0 heterocycles. The molecule has 1 unspecified atom stereocenters. The Hall–Kier alpha value is -0.360. The number of halogens is 3. The first-order chi connectivity index (χ1) is 7.04. The highest BCUT2D eigenvalue weighted by molar-refractivity contribution is 14.1. The maximum Gasteiger partial charge on any atom is 0.324 e. The molecule has 5 heteroatoms. The van der Waals surface area contributed by atoms with Gasteiger partial charge in [-0.3, -0.25) is 4.79 Å². The van der Waals surface area contributed by atoms with Crippen molar-refractivity contribution >= 4 is 40.2 Å². The Balaban J connectivity index is 2.76. The summed E-state index contributed by atoms with van der Waals surface area (Å²) in [6.07, 6.45) is 0.340. The molecule has 15 heavy (non-hydrogen) atoms. The van der Waals surface area contributed by atoms with Gasteiger partial charge in [0, 0.05) is 9.99 Å². The van der Waals surface area contributed by atoms with E-state index in [0.29, 0.717) is 6.42 Å². The van der Waals surface area contributed by atoms with Gasteiger partial charge in [0.15, 0.2) is 0 Å². The van der Waals surface area contributed by atoms with E-state index in [9.17, 15) is 9.18 Å². The Bertz CT molecular complexity index is 370. The normalized spacial score (nSPS) is 12.3. The molecule has 0 saturated carbocycles. The van der Waals surface area contributed by atoms with Crippen LogP contribution in [0, 0.1) is 9.39 Å². The minimum atomic E-state index is -0.728. The number of hydrogen-bond acceptors (Lipinski definition) is 2. The Morgan fingerprint density at radius 2 is 2.33 bits per heavy atom. The van der Waals surface area contributed by atoms with Gasteiger partial charge in [-0.2, -0.15) is 0 Å². The third kappa shape index (κ3) is 3.61. The van der Waals surface area contributed by atoms with Crippen LogP contribution >= 0.6 is 34.2 Å². The van der Waals surface area contributed by atoms with E-state index < -0.39 is 11.3 Å². The number of ether oxygens (including phenoxy) is 1. The summed E-state index contributed by atoms with van der Waals surface area (Å²) in [6.45, 7) is 0. The lowest BCUT2D eigenvalue weighted by molar-refractivity contribution is -0.140. The number of alkyl halides is 1. The predicted molar refractivity (Wildman–Crippen MR) is 64.5 cm³/mol. The average Bonchev–Trinajstić information content (AvgIpc) is 2.20. The van der Waals surface area contributed by atoms with E-state index in [0.717, 1.165) is 9.13 Å². The van der Waals surface area contributed by atoms with E-state index in [1.807, 2.05) is 22.6 Å². The summed E-state index contributed by atoms with van der Waals surface area (Å²) < 4.78 is 18.0. The lowest BCUT2D eigenvalue weighted by Crippen LogP contribution is -2.19. The van der Waals surface area contributed by atoms with Crippen molar-refractivity contribution in [2.75, 3.05) is 7.11 Å². The second kappa shape index (κ2) is 5.65. The van der Waals surface area contributed by atoms with Crippen LogP contribution in [0.2, 0.25) is 0 Å². The number of rotatable bonds is 3. The maximum absolute atomic E-state index is 12.8. The smallest absolute Gasteiger partial charge is 0.324 e. The molecule has 0 bridgehead atoms. The third-order valence-corrected chi connectivity index (χ3v) is 3.21. The van der Waals surface area contributed by atoms with Crippen molar-refractivity contribution in [2.45, 2.75) is 11.8 Å². The van der Waals surface area contributed by atoms with Gasteiger partial charge < -0.3 is 4.74 Å². The van der Waals surface area contributed by atoms with Gasteiger partial charge in [0.1, 0.15) is 11.2 Å². The fourth-order valence-electron chi connectivity index (χ4n) is 1.09. The molecule has 0 N–H and O–H groups in total. The van der Waals surface area contributed by atoms with Gasteiger partial charge in [0.05, 0.1) is 7.11 Å². The second-order valence-corrected chi connectivity index (χ2v) is 4.62. The summed E-state index contributed by atoms with van der Waals surface area (Å²) in [4.78, 5) is 11.1. The number of carbonyl (C=O) groups excluding carboxylic acids is 1. The van der Waals surface area contributed by atoms with Crippen LogP contribution in [0.3, 0.4) is 0 Å². The molecule has 0 aliphatic rings. The molecular formula is C10H9ClFIO2. The van der Waals surface area contributed by atoms with Crippen molar-refractivity contribution in [3.63, 3.8) is 0 Å². The summed E-state index contributed by atoms with van der Waals surface area (Å²) >= 11 is 7.81. The van der Waals surface area contributed by atoms with E-state index in [4.69, 9.17) is 11.6 Å². The van der Waals surface area contributed by atoms with Crippen LogP contribution in [-0.4, -0.2) is 18.5 Å². The number of benzene rings is 1. The molecule has 1 aromatic rings. The lowest BCUT2D eigenvalue weighted by atomic mass is 10.1. The fourth-order valence-corrected chi connectivity index (χ4v) is 2.04. The third-order valence-electron chi connectivity index (χ3n) is 1.87. The molecule has 0 aromatic heterocycles. The van der Waals surface area contributed by atoms with Crippen LogP contribution in [0.5, 0.6) is 0 Å². The van der Waals surface area contributed by atoms with Gasteiger partial charge in [-0.1, -0.05) is 6.07 Å². The van der Waals surface area contributed by atoms with Crippen molar-refractivity contribution in [3.05, 3.63) is 33.1 Å². The van der Waals surface area contributed by atoms with Gasteiger partial charge in [0.2, 0.25) is 0 Å². The Kier molecular flexibility index (Phi) is 4.79. The van der Waals surface area contributed by atoms with Crippen molar-refractivity contribution in [2.24, 2.45) is 0 Å². The average molecular weight is 343 g/mol. The lowest BCUT2D eigenvalue weighted by Gasteiger charge is -2.08. The van der Waals surface area contributed by atoms with Gasteiger partial charge in [-0.05, 0) is 40.3 Å². The quantitative estimate of drug-likeness (QED) is 0.480. The molecule has 2 nitrogen and oxygen atoms in total. The molecule has 0 aliphatic carbocycles. The van der Waals surface area contributed by atoms with E-state index in [1.165, 1.54) is 19.2 Å². The summed E-state index contributed by atoms with van der Waals surface area (Å²) in [5, 5.41) is -0.728. The van der Waals surface area contributed by atoms with Crippen molar-refractivity contribution in [1.82, 2.24) is 0 Å². The van der Waals surface area contributed by atoms with Crippen LogP contribution in [0.4, 0.5) is 4.39 Å². The number of esters is 1. The molecule has 1 atom stereocenters. The minimum Gasteiger partial charge on any atom is -0.468 e. The number of carbonyl (C=O) groups is 1. The first-order valence-electron chi connectivity index (χ1n) is 4.20. The van der Waals surface area contributed by atoms with Crippen LogP contribution < -0.4 is 0 Å². The van der Waals surface area contributed by atoms with Gasteiger partial charge >= 0.3 is 5.97 Å². The number of methoxy groups -OCH3 is 1. The highest BCUT2D eigenvalue weighted by Gasteiger charge is 2.17. The molecule has 1 aromatic carbocycles. The highest BCUT2D eigenvalue weighted by atomic mass is 127. The van der Waals surface area contributed by atoms with Gasteiger partial charge in [0.25, 0.3) is 0 Å². The summed E-state index contributed by atoms with van der Waals surface area (Å²) in [7, 11) is 1.29. The second-order valence-electron chi connectivity index (χ2n) is 2.93. The molecule has 0 fully saturated rings. The fraction of sp³-hybridized carbons (Fsp3) is 0.300. The van der Waals surface area contributed by atoms with Crippen LogP contribution in [0.15, 0.2) is 18.2 Å². The topological polar surface area (TPSA) is 26.3 Å². The van der Waals surface area contributed by atoms with Crippen LogP contribution in [0.25, 0.3) is 0 Å². The van der Waals surface area contributed by atoms with Gasteiger partial charge in [-0.15, -0.1) is 11.6 Å². The van der Waals surface area contributed by atoms with E-state index >= 15 is 0 Å². The molecule has 0 radical (unpaired) electrons. The molecule has 82 valence electrons. The van der Waals surface area contributed by atoms with E-state index in [1.54, 1.807) is 6.07 Å². The SMILES string of the molecule is COC(=O)C(Cl)Cc1ccc(F)cc1I. The van der Waals surface area contributed by atoms with Crippen LogP contribution in [0.1, 0.15) is 5.56 Å². The first kappa shape index (κ1) is 12.7. The Morgan fingerprint density at radius 3 is 2.87 bits per heavy atom. The van der Waals surface area contributed by atoms with Crippen molar-refractivity contribution in [1.29, 1.82) is 0 Å². The zero-order chi connectivity index (χ0) is 11.4. The molecular weight excluding hydrogens is 333 g/mol. The molecule has 0 saturated heterocycles. The van der Waals surface area contributed by atoms with E-state index in [2.05, 4.69) is 4.74 Å². The largest absolute Gasteiger partial charge is 0.468 e. The zero-order valence-electron chi connectivity index (χ0n) is 7.97. The molecule has 0 spiro atoms. The highest BCUT2D eigenvalue weighted by Crippen LogP contribution is 2.17.